The second-order valence-corrected chi connectivity index (χ2v) is 4.08. The normalized spacial score (nSPS) is 15.1. The number of hydrogen-bond donors (Lipinski definition) is 1. The molecule has 96 valence electrons. The van der Waals surface area contributed by atoms with Crippen LogP contribution in [0.25, 0.3) is 0 Å². The molecular formula is C12H12FNO4. The van der Waals surface area contributed by atoms with Gasteiger partial charge in [-0.05, 0) is 24.3 Å². The van der Waals surface area contributed by atoms with Crippen LogP contribution in [0.5, 0.6) is 5.75 Å². The van der Waals surface area contributed by atoms with Crippen LogP contribution in [-0.4, -0.2) is 41.6 Å². The number of hydrogen-bond acceptors (Lipinski definition) is 3. The number of likely N-dealkylation sites (tertiary alicyclic amines) is 1. The number of halogens is 1. The number of benzene rings is 1. The van der Waals surface area contributed by atoms with Gasteiger partial charge >= 0.3 is 5.97 Å². The second-order valence-electron chi connectivity index (χ2n) is 4.08. The molecule has 1 heterocycles. The third-order valence-electron chi connectivity index (χ3n) is 2.76. The molecule has 1 N–H and O–H groups in total. The third-order valence-corrected chi connectivity index (χ3v) is 2.76. The van der Waals surface area contributed by atoms with Gasteiger partial charge in [-0.15, -0.1) is 0 Å². The van der Waals surface area contributed by atoms with Crippen LogP contribution in [-0.2, 0) is 9.59 Å². The van der Waals surface area contributed by atoms with Gasteiger partial charge in [-0.2, -0.15) is 0 Å². The Morgan fingerprint density at radius 3 is 2.50 bits per heavy atom. The van der Waals surface area contributed by atoms with E-state index < -0.39 is 11.9 Å². The zero-order valence-electron chi connectivity index (χ0n) is 9.51. The molecule has 1 aromatic rings. The van der Waals surface area contributed by atoms with Crippen molar-refractivity contribution in [3.05, 3.63) is 30.1 Å². The molecule has 1 aliphatic heterocycles. The minimum Gasteiger partial charge on any atom is -0.484 e. The van der Waals surface area contributed by atoms with Crippen LogP contribution in [0.3, 0.4) is 0 Å². The maximum atomic E-state index is 12.6. The van der Waals surface area contributed by atoms with Crippen molar-refractivity contribution in [1.29, 1.82) is 0 Å². The third kappa shape index (κ3) is 2.77. The maximum absolute atomic E-state index is 12.6. The Balaban J connectivity index is 1.76. The molecule has 0 bridgehead atoms. The first kappa shape index (κ1) is 12.3. The highest BCUT2D eigenvalue weighted by Gasteiger charge is 2.35. The van der Waals surface area contributed by atoms with Crippen molar-refractivity contribution in [2.24, 2.45) is 5.92 Å². The van der Waals surface area contributed by atoms with E-state index in [9.17, 15) is 14.0 Å². The number of ether oxygens (including phenoxy) is 1. The zero-order valence-corrected chi connectivity index (χ0v) is 9.51. The zero-order chi connectivity index (χ0) is 13.1. The Kier molecular flexibility index (Phi) is 3.45. The lowest BCUT2D eigenvalue weighted by Gasteiger charge is -2.36. The number of nitrogens with zero attached hydrogens (tertiary/aromatic N) is 1. The van der Waals surface area contributed by atoms with Crippen LogP contribution in [0.4, 0.5) is 4.39 Å². The Morgan fingerprint density at radius 2 is 1.94 bits per heavy atom. The number of amides is 1. The van der Waals surface area contributed by atoms with Crippen LogP contribution < -0.4 is 4.74 Å². The van der Waals surface area contributed by atoms with Crippen molar-refractivity contribution >= 4 is 11.9 Å². The van der Waals surface area contributed by atoms with Crippen molar-refractivity contribution < 1.29 is 23.8 Å². The second kappa shape index (κ2) is 5.03. The molecule has 0 aliphatic carbocycles. The van der Waals surface area contributed by atoms with Crippen molar-refractivity contribution in [2.75, 3.05) is 19.7 Å². The van der Waals surface area contributed by atoms with E-state index in [4.69, 9.17) is 9.84 Å². The van der Waals surface area contributed by atoms with E-state index in [1.165, 1.54) is 29.2 Å². The van der Waals surface area contributed by atoms with E-state index in [1.807, 2.05) is 0 Å². The molecule has 0 unspecified atom stereocenters. The lowest BCUT2D eigenvalue weighted by atomic mass is 10.0. The van der Waals surface area contributed by atoms with Crippen LogP contribution >= 0.6 is 0 Å². The summed E-state index contributed by atoms with van der Waals surface area (Å²) in [5.41, 5.74) is 0. The van der Waals surface area contributed by atoms with Crippen molar-refractivity contribution in [1.82, 2.24) is 4.90 Å². The highest BCUT2D eigenvalue weighted by molar-refractivity contribution is 5.82. The summed E-state index contributed by atoms with van der Waals surface area (Å²) in [7, 11) is 0. The van der Waals surface area contributed by atoms with E-state index in [1.54, 1.807) is 0 Å². The minimum atomic E-state index is -0.890. The average molecular weight is 253 g/mol. The molecule has 1 fully saturated rings. The van der Waals surface area contributed by atoms with Crippen LogP contribution in [0, 0.1) is 11.7 Å². The first-order chi connectivity index (χ1) is 8.56. The number of carbonyl (C=O) groups excluding carboxylic acids is 1. The van der Waals surface area contributed by atoms with Crippen LogP contribution in [0.15, 0.2) is 24.3 Å². The summed E-state index contributed by atoms with van der Waals surface area (Å²) in [6.07, 6.45) is 0. The quantitative estimate of drug-likeness (QED) is 0.859. The summed E-state index contributed by atoms with van der Waals surface area (Å²) < 4.78 is 17.8. The van der Waals surface area contributed by atoms with Crippen molar-refractivity contribution in [3.8, 4) is 5.75 Å². The van der Waals surface area contributed by atoms with Gasteiger partial charge in [-0.25, -0.2) is 4.39 Å². The van der Waals surface area contributed by atoms with E-state index in [0.717, 1.165) is 0 Å². The maximum Gasteiger partial charge on any atom is 0.310 e. The lowest BCUT2D eigenvalue weighted by Crippen LogP contribution is -2.54. The van der Waals surface area contributed by atoms with Gasteiger partial charge in [-0.3, -0.25) is 9.59 Å². The molecular weight excluding hydrogens is 241 g/mol. The van der Waals surface area contributed by atoms with Crippen molar-refractivity contribution in [2.45, 2.75) is 0 Å². The summed E-state index contributed by atoms with van der Waals surface area (Å²) in [5, 5.41) is 8.66. The van der Waals surface area contributed by atoms with Gasteiger partial charge in [0.2, 0.25) is 0 Å². The van der Waals surface area contributed by atoms with Gasteiger partial charge in [0, 0.05) is 13.1 Å². The lowest BCUT2D eigenvalue weighted by molar-refractivity contribution is -0.153. The fourth-order valence-electron chi connectivity index (χ4n) is 1.61. The largest absolute Gasteiger partial charge is 0.484 e. The molecule has 1 amide bonds. The minimum absolute atomic E-state index is 0.169. The van der Waals surface area contributed by atoms with E-state index in [2.05, 4.69) is 0 Å². The molecule has 1 aliphatic rings. The smallest absolute Gasteiger partial charge is 0.310 e. The van der Waals surface area contributed by atoms with E-state index in [-0.39, 0.29) is 31.4 Å². The van der Waals surface area contributed by atoms with Gasteiger partial charge in [-0.1, -0.05) is 0 Å². The molecule has 1 saturated heterocycles. The molecule has 6 heteroatoms. The van der Waals surface area contributed by atoms with Gasteiger partial charge in [0.25, 0.3) is 5.91 Å². The number of carboxylic acids is 1. The Bertz CT molecular complexity index is 454. The first-order valence-corrected chi connectivity index (χ1v) is 5.45. The number of carbonyl (C=O) groups is 2. The molecule has 0 spiro atoms. The Morgan fingerprint density at radius 1 is 1.33 bits per heavy atom. The Hall–Kier alpha value is -2.11. The van der Waals surface area contributed by atoms with E-state index in [0.29, 0.717) is 5.75 Å². The molecule has 5 nitrogen and oxygen atoms in total. The predicted molar refractivity (Wildman–Crippen MR) is 59.6 cm³/mol. The molecule has 0 aromatic heterocycles. The summed E-state index contributed by atoms with van der Waals surface area (Å²) >= 11 is 0. The number of carboxylic acid groups (broad SMARTS) is 1. The molecule has 0 radical (unpaired) electrons. The van der Waals surface area contributed by atoms with Gasteiger partial charge < -0.3 is 14.7 Å². The van der Waals surface area contributed by atoms with Gasteiger partial charge in [0.15, 0.2) is 6.61 Å². The fraction of sp³-hybridized carbons (Fsp3) is 0.333. The van der Waals surface area contributed by atoms with Gasteiger partial charge in [0.1, 0.15) is 11.6 Å². The van der Waals surface area contributed by atoms with E-state index >= 15 is 0 Å². The molecule has 18 heavy (non-hydrogen) atoms. The summed E-state index contributed by atoms with van der Waals surface area (Å²) in [5.74, 6) is -1.60. The summed E-state index contributed by atoms with van der Waals surface area (Å²) in [6, 6.07) is 5.34. The average Bonchev–Trinajstić information content (AvgIpc) is 2.25. The fourth-order valence-corrected chi connectivity index (χ4v) is 1.61. The number of rotatable bonds is 4. The Labute approximate surface area is 103 Å². The predicted octanol–water partition coefficient (Wildman–Crippen LogP) is 0.747. The van der Waals surface area contributed by atoms with Crippen molar-refractivity contribution in [3.63, 3.8) is 0 Å². The van der Waals surface area contributed by atoms with Crippen LogP contribution in [0.1, 0.15) is 0 Å². The van der Waals surface area contributed by atoms with Crippen LogP contribution in [0.2, 0.25) is 0 Å². The SMILES string of the molecule is O=C(O)C1CN(C(=O)COc2ccc(F)cc2)C1. The monoisotopic (exact) mass is 253 g/mol. The topological polar surface area (TPSA) is 66.8 Å². The summed E-state index contributed by atoms with van der Waals surface area (Å²) in [4.78, 5) is 23.5. The highest BCUT2D eigenvalue weighted by atomic mass is 19.1. The molecule has 0 atom stereocenters. The summed E-state index contributed by atoms with van der Waals surface area (Å²) in [6.45, 7) is 0.278. The molecule has 1 aromatic carbocycles. The standard InChI is InChI=1S/C12H12FNO4/c13-9-1-3-10(4-2-9)18-7-11(15)14-5-8(6-14)12(16)17/h1-4,8H,5-7H2,(H,16,17). The molecule has 0 saturated carbocycles. The number of aliphatic carboxylic acids is 1. The first-order valence-electron chi connectivity index (χ1n) is 5.45. The molecule has 2 rings (SSSR count). The van der Waals surface area contributed by atoms with Gasteiger partial charge in [0.05, 0.1) is 5.92 Å². The highest BCUT2D eigenvalue weighted by Crippen LogP contribution is 2.16.